The molecule has 9 heteroatoms. The minimum Gasteiger partial charge on any atom is -0.495 e. The molecule has 0 spiro atoms. The van der Waals surface area contributed by atoms with Crippen LogP contribution in [0.3, 0.4) is 0 Å². The number of nitrogens with zero attached hydrogens (tertiary/aromatic N) is 1. The molecule has 7 nitrogen and oxygen atoms in total. The first-order chi connectivity index (χ1) is 14.4. The number of amides is 1. The van der Waals surface area contributed by atoms with E-state index in [1.165, 1.54) is 17.5 Å². The first kappa shape index (κ1) is 21.1. The molecule has 4 rings (SSSR count). The van der Waals surface area contributed by atoms with Gasteiger partial charge in [0.15, 0.2) is 0 Å². The molecule has 0 bridgehead atoms. The lowest BCUT2D eigenvalue weighted by Gasteiger charge is -2.27. The molecule has 0 aromatic heterocycles. The molecule has 0 unspecified atom stereocenters. The Balaban J connectivity index is 1.61. The number of carbonyl (C=O) groups is 1. The van der Waals surface area contributed by atoms with Crippen molar-refractivity contribution < 1.29 is 22.7 Å². The molecule has 1 saturated carbocycles. The van der Waals surface area contributed by atoms with Gasteiger partial charge in [-0.1, -0.05) is 23.7 Å². The first-order valence-corrected chi connectivity index (χ1v) is 11.5. The van der Waals surface area contributed by atoms with Crippen LogP contribution in [0.15, 0.2) is 47.4 Å². The van der Waals surface area contributed by atoms with Crippen LogP contribution in [-0.2, 0) is 25.0 Å². The number of hydrogen-bond donors (Lipinski definition) is 1. The van der Waals surface area contributed by atoms with Crippen molar-refractivity contribution in [3.05, 3.63) is 53.1 Å². The van der Waals surface area contributed by atoms with E-state index >= 15 is 0 Å². The Morgan fingerprint density at radius 3 is 2.53 bits per heavy atom. The van der Waals surface area contributed by atoms with Crippen LogP contribution in [0.25, 0.3) is 0 Å². The molecule has 1 amide bonds. The van der Waals surface area contributed by atoms with Crippen molar-refractivity contribution in [3.63, 3.8) is 0 Å². The SMILES string of the molecule is COc1ccc(NC(=O)C2(c3cccc(Cl)c3)CC2)cc1S(=O)(=O)N1CCOCC1. The summed E-state index contributed by atoms with van der Waals surface area (Å²) in [4.78, 5) is 13.1. The summed E-state index contributed by atoms with van der Waals surface area (Å²) in [6.45, 7) is 1.25. The second-order valence-electron chi connectivity index (χ2n) is 7.43. The topological polar surface area (TPSA) is 84.9 Å². The minimum atomic E-state index is -3.78. The van der Waals surface area contributed by atoms with Crippen LogP contribution in [0, 0.1) is 0 Å². The van der Waals surface area contributed by atoms with Gasteiger partial charge in [-0.25, -0.2) is 8.42 Å². The van der Waals surface area contributed by atoms with Crippen LogP contribution in [0.2, 0.25) is 5.02 Å². The van der Waals surface area contributed by atoms with Crippen molar-refractivity contribution in [3.8, 4) is 5.75 Å². The number of anilines is 1. The van der Waals surface area contributed by atoms with Gasteiger partial charge in [0.05, 0.1) is 25.7 Å². The van der Waals surface area contributed by atoms with Gasteiger partial charge in [-0.2, -0.15) is 4.31 Å². The smallest absolute Gasteiger partial charge is 0.246 e. The van der Waals surface area contributed by atoms with Crippen LogP contribution in [-0.4, -0.2) is 52.0 Å². The van der Waals surface area contributed by atoms with Crippen molar-refractivity contribution in [1.82, 2.24) is 4.31 Å². The summed E-state index contributed by atoms with van der Waals surface area (Å²) in [6.07, 6.45) is 1.43. The zero-order chi connectivity index (χ0) is 21.4. The fraction of sp³-hybridized carbons (Fsp3) is 0.381. The third-order valence-corrected chi connectivity index (χ3v) is 7.73. The number of morpholine rings is 1. The maximum atomic E-state index is 13.1. The van der Waals surface area contributed by atoms with Crippen LogP contribution < -0.4 is 10.1 Å². The van der Waals surface area contributed by atoms with Crippen molar-refractivity contribution in [2.45, 2.75) is 23.2 Å². The van der Waals surface area contributed by atoms with Gasteiger partial charge in [0, 0.05) is 23.8 Å². The van der Waals surface area contributed by atoms with Gasteiger partial charge in [-0.05, 0) is 48.7 Å². The van der Waals surface area contributed by atoms with Gasteiger partial charge in [-0.15, -0.1) is 0 Å². The highest BCUT2D eigenvalue weighted by Crippen LogP contribution is 2.49. The normalized spacial score (nSPS) is 18.6. The van der Waals surface area contributed by atoms with E-state index in [1.807, 2.05) is 12.1 Å². The number of nitrogens with one attached hydrogen (secondary N) is 1. The van der Waals surface area contributed by atoms with Gasteiger partial charge in [0.2, 0.25) is 15.9 Å². The van der Waals surface area contributed by atoms with E-state index in [0.717, 1.165) is 5.56 Å². The number of benzene rings is 2. The zero-order valence-corrected chi connectivity index (χ0v) is 18.1. The molecule has 2 aromatic carbocycles. The molecule has 2 fully saturated rings. The van der Waals surface area contributed by atoms with E-state index in [2.05, 4.69) is 5.32 Å². The summed E-state index contributed by atoms with van der Waals surface area (Å²) < 4.78 is 38.2. The molecule has 160 valence electrons. The maximum absolute atomic E-state index is 13.1. The fourth-order valence-corrected chi connectivity index (χ4v) is 5.47. The number of ether oxygens (including phenoxy) is 2. The molecule has 2 aliphatic rings. The average molecular weight is 451 g/mol. The molecule has 1 aliphatic heterocycles. The van der Waals surface area contributed by atoms with E-state index in [0.29, 0.717) is 36.8 Å². The lowest BCUT2D eigenvalue weighted by Crippen LogP contribution is -2.40. The highest BCUT2D eigenvalue weighted by molar-refractivity contribution is 7.89. The van der Waals surface area contributed by atoms with E-state index in [-0.39, 0.29) is 29.6 Å². The van der Waals surface area contributed by atoms with Gasteiger partial charge >= 0.3 is 0 Å². The van der Waals surface area contributed by atoms with Gasteiger partial charge < -0.3 is 14.8 Å². The Morgan fingerprint density at radius 2 is 1.90 bits per heavy atom. The Kier molecular flexibility index (Phi) is 5.76. The van der Waals surface area contributed by atoms with Crippen LogP contribution in [0.5, 0.6) is 5.75 Å². The van der Waals surface area contributed by atoms with Gasteiger partial charge in [0.25, 0.3) is 0 Å². The van der Waals surface area contributed by atoms with Crippen LogP contribution >= 0.6 is 11.6 Å². The monoisotopic (exact) mass is 450 g/mol. The van der Waals surface area contributed by atoms with E-state index < -0.39 is 15.4 Å². The zero-order valence-electron chi connectivity index (χ0n) is 16.6. The molecule has 1 N–H and O–H groups in total. The van der Waals surface area contributed by atoms with E-state index in [1.54, 1.807) is 24.3 Å². The molecular weight excluding hydrogens is 428 g/mol. The van der Waals surface area contributed by atoms with Gasteiger partial charge in [-0.3, -0.25) is 4.79 Å². The predicted octanol–water partition coefficient (Wildman–Crippen LogP) is 3.04. The molecule has 0 radical (unpaired) electrons. The Morgan fingerprint density at radius 1 is 1.17 bits per heavy atom. The number of hydrogen-bond acceptors (Lipinski definition) is 5. The second-order valence-corrected chi connectivity index (χ2v) is 9.77. The number of rotatable bonds is 6. The molecule has 30 heavy (non-hydrogen) atoms. The Labute approximate surface area is 181 Å². The lowest BCUT2D eigenvalue weighted by molar-refractivity contribution is -0.118. The highest BCUT2D eigenvalue weighted by Gasteiger charge is 2.51. The molecule has 1 saturated heterocycles. The Bertz CT molecular complexity index is 1060. The minimum absolute atomic E-state index is 0.0253. The lowest BCUT2D eigenvalue weighted by atomic mass is 9.95. The summed E-state index contributed by atoms with van der Waals surface area (Å²) in [5.74, 6) is 0.0557. The maximum Gasteiger partial charge on any atom is 0.246 e. The van der Waals surface area contributed by atoms with Crippen molar-refractivity contribution in [2.24, 2.45) is 0 Å². The van der Waals surface area contributed by atoms with Crippen molar-refractivity contribution >= 4 is 33.2 Å². The summed E-state index contributed by atoms with van der Waals surface area (Å²) in [7, 11) is -2.36. The number of sulfonamides is 1. The summed E-state index contributed by atoms with van der Waals surface area (Å²) in [5, 5.41) is 3.46. The summed E-state index contributed by atoms with van der Waals surface area (Å²) >= 11 is 6.10. The molecule has 1 aliphatic carbocycles. The first-order valence-electron chi connectivity index (χ1n) is 9.70. The van der Waals surface area contributed by atoms with Crippen molar-refractivity contribution in [2.75, 3.05) is 38.7 Å². The quantitative estimate of drug-likeness (QED) is 0.731. The molecular formula is C21H23ClN2O5S. The molecule has 2 aromatic rings. The standard InChI is InChI=1S/C21H23ClN2O5S/c1-28-18-6-5-17(14-19(18)30(26,27)24-9-11-29-12-10-24)23-20(25)21(7-8-21)15-3-2-4-16(22)13-15/h2-6,13-14H,7-12H2,1H3,(H,23,25). The molecule has 0 atom stereocenters. The number of methoxy groups -OCH3 is 1. The van der Waals surface area contributed by atoms with Crippen molar-refractivity contribution in [1.29, 1.82) is 0 Å². The second kappa shape index (κ2) is 8.19. The van der Waals surface area contributed by atoms with E-state index in [9.17, 15) is 13.2 Å². The number of carbonyl (C=O) groups excluding carboxylic acids is 1. The van der Waals surface area contributed by atoms with Gasteiger partial charge in [0.1, 0.15) is 10.6 Å². The third kappa shape index (κ3) is 3.92. The van der Waals surface area contributed by atoms with E-state index in [4.69, 9.17) is 21.1 Å². The Hall–Kier alpha value is -2.13. The highest BCUT2D eigenvalue weighted by atomic mass is 35.5. The van der Waals surface area contributed by atoms with Crippen LogP contribution in [0.4, 0.5) is 5.69 Å². The summed E-state index contributed by atoms with van der Waals surface area (Å²) in [5.41, 5.74) is 0.636. The fourth-order valence-electron chi connectivity index (χ4n) is 3.69. The number of halogens is 1. The van der Waals surface area contributed by atoms with Crippen LogP contribution in [0.1, 0.15) is 18.4 Å². The summed E-state index contributed by atoms with van der Waals surface area (Å²) in [6, 6.07) is 11.9. The average Bonchev–Trinajstić information content (AvgIpc) is 3.56. The molecule has 1 heterocycles. The predicted molar refractivity (Wildman–Crippen MR) is 114 cm³/mol. The third-order valence-electron chi connectivity index (χ3n) is 5.57. The largest absolute Gasteiger partial charge is 0.495 e.